The van der Waals surface area contributed by atoms with E-state index in [0.717, 1.165) is 11.0 Å². The van der Waals surface area contributed by atoms with Crippen LogP contribution in [0.5, 0.6) is 5.75 Å². The number of rotatable bonds is 5. The van der Waals surface area contributed by atoms with Crippen LogP contribution in [0.1, 0.15) is 18.7 Å². The van der Waals surface area contributed by atoms with Crippen LogP contribution in [0.3, 0.4) is 0 Å². The zero-order valence-corrected chi connectivity index (χ0v) is 12.6. The summed E-state index contributed by atoms with van der Waals surface area (Å²) < 4.78 is 23.8. The highest BCUT2D eigenvalue weighted by molar-refractivity contribution is 5.79. The average molecular weight is 313 g/mol. The van der Waals surface area contributed by atoms with Crippen molar-refractivity contribution in [2.24, 2.45) is 0 Å². The Morgan fingerprint density at radius 2 is 1.96 bits per heavy atom. The molecule has 0 fully saturated rings. The van der Waals surface area contributed by atoms with Crippen LogP contribution in [0.4, 0.5) is 4.39 Å². The van der Waals surface area contributed by atoms with E-state index in [4.69, 9.17) is 9.15 Å². The van der Waals surface area contributed by atoms with Gasteiger partial charge in [-0.2, -0.15) is 0 Å². The first-order chi connectivity index (χ1) is 11.1. The van der Waals surface area contributed by atoms with Crippen molar-refractivity contribution in [3.63, 3.8) is 0 Å². The van der Waals surface area contributed by atoms with Crippen molar-refractivity contribution in [1.29, 1.82) is 0 Å². The van der Waals surface area contributed by atoms with Crippen molar-refractivity contribution in [2.45, 2.75) is 13.0 Å². The molecule has 3 aromatic rings. The predicted octanol–water partition coefficient (Wildman–Crippen LogP) is 3.83. The number of ether oxygens (including phenoxy) is 1. The van der Waals surface area contributed by atoms with Gasteiger partial charge in [0.1, 0.15) is 22.9 Å². The number of para-hydroxylation sites is 1. The molecule has 5 heteroatoms. The van der Waals surface area contributed by atoms with Crippen LogP contribution in [0.25, 0.3) is 11.0 Å². The number of halogens is 1. The molecule has 1 amide bonds. The zero-order chi connectivity index (χ0) is 16.2. The fraction of sp³-hybridized carbons (Fsp3) is 0.167. The summed E-state index contributed by atoms with van der Waals surface area (Å²) in [6.45, 7) is 1.70. The van der Waals surface area contributed by atoms with Crippen LogP contribution in [-0.4, -0.2) is 12.5 Å². The second-order valence-corrected chi connectivity index (χ2v) is 5.22. The fourth-order valence-corrected chi connectivity index (χ4v) is 2.25. The Labute approximate surface area is 132 Å². The summed E-state index contributed by atoms with van der Waals surface area (Å²) in [4.78, 5) is 11.9. The van der Waals surface area contributed by atoms with Crippen molar-refractivity contribution in [2.75, 3.05) is 6.61 Å². The fourth-order valence-electron chi connectivity index (χ4n) is 2.25. The standard InChI is InChI=1S/C18H16FNO3/c1-12(17-10-13-4-2-3-5-16(13)23-17)20-18(21)11-22-15-8-6-14(19)7-9-15/h2-10,12H,11H2,1H3,(H,20,21). The number of nitrogens with one attached hydrogen (secondary N) is 1. The third-order valence-electron chi connectivity index (χ3n) is 3.43. The van der Waals surface area contributed by atoms with Gasteiger partial charge in [0.25, 0.3) is 5.91 Å². The minimum Gasteiger partial charge on any atom is -0.484 e. The summed E-state index contributed by atoms with van der Waals surface area (Å²) in [7, 11) is 0. The van der Waals surface area contributed by atoms with Gasteiger partial charge in [-0.1, -0.05) is 18.2 Å². The third kappa shape index (κ3) is 3.69. The second kappa shape index (κ2) is 6.52. The van der Waals surface area contributed by atoms with Crippen molar-refractivity contribution in [1.82, 2.24) is 5.32 Å². The van der Waals surface area contributed by atoms with E-state index in [1.807, 2.05) is 37.3 Å². The summed E-state index contributed by atoms with van der Waals surface area (Å²) in [5.41, 5.74) is 0.783. The Bertz CT molecular complexity index is 778. The molecule has 1 atom stereocenters. The SMILES string of the molecule is CC(NC(=O)COc1ccc(F)cc1)c1cc2ccccc2o1. The molecule has 1 aromatic heterocycles. The molecular formula is C18H16FNO3. The second-order valence-electron chi connectivity index (χ2n) is 5.22. The van der Waals surface area contributed by atoms with Gasteiger partial charge in [0, 0.05) is 5.39 Å². The Morgan fingerprint density at radius 3 is 2.70 bits per heavy atom. The highest BCUT2D eigenvalue weighted by Gasteiger charge is 2.14. The smallest absolute Gasteiger partial charge is 0.258 e. The summed E-state index contributed by atoms with van der Waals surface area (Å²) >= 11 is 0. The monoisotopic (exact) mass is 313 g/mol. The molecular weight excluding hydrogens is 297 g/mol. The topological polar surface area (TPSA) is 51.5 Å². The van der Waals surface area contributed by atoms with Crippen LogP contribution in [0, 0.1) is 5.82 Å². The Balaban J connectivity index is 1.57. The van der Waals surface area contributed by atoms with E-state index in [1.165, 1.54) is 24.3 Å². The van der Waals surface area contributed by atoms with Gasteiger partial charge < -0.3 is 14.5 Å². The van der Waals surface area contributed by atoms with E-state index >= 15 is 0 Å². The minimum atomic E-state index is -0.347. The minimum absolute atomic E-state index is 0.143. The molecule has 1 N–H and O–H groups in total. The summed E-state index contributed by atoms with van der Waals surface area (Å²) in [6, 6.07) is 14.8. The van der Waals surface area contributed by atoms with Crippen molar-refractivity contribution < 1.29 is 18.3 Å². The average Bonchev–Trinajstić information content (AvgIpc) is 2.98. The predicted molar refractivity (Wildman–Crippen MR) is 84.7 cm³/mol. The zero-order valence-electron chi connectivity index (χ0n) is 12.6. The van der Waals surface area contributed by atoms with Crippen molar-refractivity contribution in [3.8, 4) is 5.75 Å². The van der Waals surface area contributed by atoms with Crippen LogP contribution in [0.15, 0.2) is 59.0 Å². The van der Waals surface area contributed by atoms with Crippen molar-refractivity contribution in [3.05, 3.63) is 66.2 Å². The van der Waals surface area contributed by atoms with Gasteiger partial charge in [-0.3, -0.25) is 4.79 Å². The highest BCUT2D eigenvalue weighted by atomic mass is 19.1. The molecule has 23 heavy (non-hydrogen) atoms. The van der Waals surface area contributed by atoms with Gasteiger partial charge in [0.05, 0.1) is 6.04 Å². The van der Waals surface area contributed by atoms with Gasteiger partial charge in [-0.25, -0.2) is 4.39 Å². The molecule has 0 aliphatic rings. The van der Waals surface area contributed by atoms with E-state index in [1.54, 1.807) is 0 Å². The largest absolute Gasteiger partial charge is 0.484 e. The quantitative estimate of drug-likeness (QED) is 0.779. The van der Waals surface area contributed by atoms with E-state index in [-0.39, 0.29) is 24.4 Å². The van der Waals surface area contributed by atoms with E-state index in [0.29, 0.717) is 11.5 Å². The van der Waals surface area contributed by atoms with Crippen molar-refractivity contribution >= 4 is 16.9 Å². The summed E-state index contributed by atoms with van der Waals surface area (Å²) in [6.07, 6.45) is 0. The molecule has 0 saturated heterocycles. The summed E-state index contributed by atoms with van der Waals surface area (Å²) in [5.74, 6) is 0.502. The number of amides is 1. The molecule has 118 valence electrons. The van der Waals surface area contributed by atoms with Gasteiger partial charge in [0.2, 0.25) is 0 Å². The van der Waals surface area contributed by atoms with Gasteiger partial charge in [-0.05, 0) is 43.3 Å². The van der Waals surface area contributed by atoms with Gasteiger partial charge in [0.15, 0.2) is 6.61 Å². The molecule has 4 nitrogen and oxygen atoms in total. The Hall–Kier alpha value is -2.82. The molecule has 0 spiro atoms. The number of benzene rings is 2. The Morgan fingerprint density at radius 1 is 1.22 bits per heavy atom. The first-order valence-electron chi connectivity index (χ1n) is 7.28. The molecule has 0 bridgehead atoms. The van der Waals surface area contributed by atoms with Gasteiger partial charge in [-0.15, -0.1) is 0 Å². The molecule has 0 aliphatic carbocycles. The maximum Gasteiger partial charge on any atom is 0.258 e. The maximum atomic E-state index is 12.8. The molecule has 0 radical (unpaired) electrons. The molecule has 0 aliphatic heterocycles. The molecule has 2 aromatic carbocycles. The van der Waals surface area contributed by atoms with Crippen LogP contribution >= 0.6 is 0 Å². The third-order valence-corrected chi connectivity index (χ3v) is 3.43. The lowest BCUT2D eigenvalue weighted by molar-refractivity contribution is -0.123. The number of fused-ring (bicyclic) bond motifs is 1. The molecule has 1 heterocycles. The normalized spacial score (nSPS) is 12.1. The van der Waals surface area contributed by atoms with Crippen LogP contribution in [0.2, 0.25) is 0 Å². The van der Waals surface area contributed by atoms with Gasteiger partial charge >= 0.3 is 0 Å². The molecule has 0 saturated carbocycles. The lowest BCUT2D eigenvalue weighted by Gasteiger charge is -2.12. The van der Waals surface area contributed by atoms with Crippen LogP contribution in [-0.2, 0) is 4.79 Å². The number of furan rings is 1. The lowest BCUT2D eigenvalue weighted by Crippen LogP contribution is -2.31. The number of hydrogen-bond acceptors (Lipinski definition) is 3. The number of carbonyl (C=O) groups is 1. The number of carbonyl (C=O) groups excluding carboxylic acids is 1. The van der Waals surface area contributed by atoms with Crippen LogP contribution < -0.4 is 10.1 Å². The highest BCUT2D eigenvalue weighted by Crippen LogP contribution is 2.23. The lowest BCUT2D eigenvalue weighted by atomic mass is 10.2. The molecule has 1 unspecified atom stereocenters. The first kappa shape index (κ1) is 15.1. The van der Waals surface area contributed by atoms with E-state index in [2.05, 4.69) is 5.32 Å². The molecule has 3 rings (SSSR count). The Kier molecular flexibility index (Phi) is 4.28. The number of hydrogen-bond donors (Lipinski definition) is 1. The summed E-state index contributed by atoms with van der Waals surface area (Å²) in [5, 5.41) is 3.80. The maximum absolute atomic E-state index is 12.8. The van der Waals surface area contributed by atoms with E-state index in [9.17, 15) is 9.18 Å². The first-order valence-corrected chi connectivity index (χ1v) is 7.28. The van der Waals surface area contributed by atoms with E-state index < -0.39 is 0 Å².